The van der Waals surface area contributed by atoms with Gasteiger partial charge in [0.1, 0.15) is 5.76 Å². The predicted molar refractivity (Wildman–Crippen MR) is 62.2 cm³/mol. The average Bonchev–Trinajstić information content (AvgIpc) is 2.79. The highest BCUT2D eigenvalue weighted by Gasteiger charge is 2.08. The van der Waals surface area contributed by atoms with Crippen molar-refractivity contribution in [2.75, 3.05) is 0 Å². The van der Waals surface area contributed by atoms with E-state index in [-0.39, 0.29) is 0 Å². The first-order chi connectivity index (χ1) is 7.77. The zero-order chi connectivity index (χ0) is 11.4. The first-order valence-corrected chi connectivity index (χ1v) is 4.88. The summed E-state index contributed by atoms with van der Waals surface area (Å²) in [6.45, 7) is 0. The van der Waals surface area contributed by atoms with Gasteiger partial charge >= 0.3 is 0 Å². The fourth-order valence-corrected chi connectivity index (χ4v) is 1.43. The van der Waals surface area contributed by atoms with Crippen LogP contribution in [0.1, 0.15) is 11.3 Å². The molecule has 0 aliphatic heterocycles. The second-order valence-electron chi connectivity index (χ2n) is 3.30. The van der Waals surface area contributed by atoms with Crippen molar-refractivity contribution in [3.63, 3.8) is 0 Å². The Kier molecular flexibility index (Phi) is 2.87. The number of hydrogen-bond donors (Lipinski definition) is 1. The van der Waals surface area contributed by atoms with Gasteiger partial charge < -0.3 is 10.2 Å². The molecule has 3 nitrogen and oxygen atoms in total. The summed E-state index contributed by atoms with van der Waals surface area (Å²) in [6, 6.07) is 12.8. The Bertz CT molecular complexity index is 498. The number of hydrogen-bond acceptors (Lipinski definition) is 2. The smallest absolute Gasteiger partial charge is 0.249 e. The SMILES string of the molecule is NC(=O)/C(=C\c1ccco1)c1ccccc1. The quantitative estimate of drug-likeness (QED) is 0.795. The van der Waals surface area contributed by atoms with E-state index in [1.807, 2.05) is 30.3 Å². The van der Waals surface area contributed by atoms with Crippen LogP contribution < -0.4 is 5.73 Å². The van der Waals surface area contributed by atoms with Crippen molar-refractivity contribution in [1.29, 1.82) is 0 Å². The van der Waals surface area contributed by atoms with Crippen LogP contribution in [0.2, 0.25) is 0 Å². The number of benzene rings is 1. The van der Waals surface area contributed by atoms with Crippen LogP contribution in [0.5, 0.6) is 0 Å². The highest BCUT2D eigenvalue weighted by Crippen LogP contribution is 2.17. The molecule has 3 heteroatoms. The average molecular weight is 213 g/mol. The molecule has 0 fully saturated rings. The Morgan fingerprint density at radius 1 is 1.12 bits per heavy atom. The number of nitrogens with two attached hydrogens (primary N) is 1. The maximum Gasteiger partial charge on any atom is 0.249 e. The highest BCUT2D eigenvalue weighted by atomic mass is 16.3. The minimum Gasteiger partial charge on any atom is -0.465 e. The van der Waals surface area contributed by atoms with Gasteiger partial charge in [0.15, 0.2) is 0 Å². The summed E-state index contributed by atoms with van der Waals surface area (Å²) >= 11 is 0. The Hall–Kier alpha value is -2.29. The summed E-state index contributed by atoms with van der Waals surface area (Å²) in [4.78, 5) is 11.3. The summed E-state index contributed by atoms with van der Waals surface area (Å²) in [5.41, 5.74) is 6.56. The molecule has 0 aliphatic carbocycles. The van der Waals surface area contributed by atoms with E-state index in [9.17, 15) is 4.79 Å². The summed E-state index contributed by atoms with van der Waals surface area (Å²) in [7, 11) is 0. The highest BCUT2D eigenvalue weighted by molar-refractivity contribution is 6.23. The van der Waals surface area contributed by atoms with Gasteiger partial charge in [0.2, 0.25) is 5.91 Å². The lowest BCUT2D eigenvalue weighted by Crippen LogP contribution is -2.12. The van der Waals surface area contributed by atoms with Crippen molar-refractivity contribution in [3.05, 3.63) is 60.1 Å². The third kappa shape index (κ3) is 2.20. The number of amides is 1. The molecule has 1 heterocycles. The lowest BCUT2D eigenvalue weighted by Gasteiger charge is -2.02. The minimum absolute atomic E-state index is 0.440. The number of carbonyl (C=O) groups is 1. The van der Waals surface area contributed by atoms with Gasteiger partial charge in [-0.15, -0.1) is 0 Å². The molecule has 1 aromatic carbocycles. The molecule has 16 heavy (non-hydrogen) atoms. The van der Waals surface area contributed by atoms with Crippen molar-refractivity contribution in [3.8, 4) is 0 Å². The van der Waals surface area contributed by atoms with Crippen molar-refractivity contribution in [2.45, 2.75) is 0 Å². The maximum absolute atomic E-state index is 11.3. The van der Waals surface area contributed by atoms with Crippen LogP contribution >= 0.6 is 0 Å². The van der Waals surface area contributed by atoms with Gasteiger partial charge in [0.25, 0.3) is 0 Å². The molecule has 0 atom stereocenters. The molecular formula is C13H11NO2. The van der Waals surface area contributed by atoms with Crippen LogP contribution in [0.25, 0.3) is 11.6 Å². The molecule has 0 radical (unpaired) electrons. The molecular weight excluding hydrogens is 202 g/mol. The zero-order valence-electron chi connectivity index (χ0n) is 8.59. The minimum atomic E-state index is -0.470. The van der Waals surface area contributed by atoms with Gasteiger partial charge in [-0.1, -0.05) is 30.3 Å². The van der Waals surface area contributed by atoms with Crippen molar-refractivity contribution >= 4 is 17.6 Å². The molecule has 2 aromatic rings. The van der Waals surface area contributed by atoms with E-state index < -0.39 is 5.91 Å². The molecule has 1 aromatic heterocycles. The normalized spacial score (nSPS) is 11.4. The molecule has 2 N–H and O–H groups in total. The second kappa shape index (κ2) is 4.49. The van der Waals surface area contributed by atoms with Gasteiger partial charge in [-0.05, 0) is 23.8 Å². The van der Waals surface area contributed by atoms with E-state index in [1.165, 1.54) is 0 Å². The van der Waals surface area contributed by atoms with Gasteiger partial charge in [-0.25, -0.2) is 0 Å². The third-order valence-electron chi connectivity index (χ3n) is 2.18. The summed E-state index contributed by atoms with van der Waals surface area (Å²) in [5, 5.41) is 0. The van der Waals surface area contributed by atoms with E-state index in [4.69, 9.17) is 10.2 Å². The molecule has 0 saturated heterocycles. The first kappa shape index (κ1) is 10.2. The predicted octanol–water partition coefficient (Wildman–Crippen LogP) is 2.31. The van der Waals surface area contributed by atoms with Crippen molar-refractivity contribution in [2.24, 2.45) is 5.73 Å². The number of furan rings is 1. The number of carbonyl (C=O) groups excluding carboxylic acids is 1. The molecule has 0 saturated carbocycles. The lowest BCUT2D eigenvalue weighted by molar-refractivity contribution is -0.112. The van der Waals surface area contributed by atoms with Crippen LogP contribution in [0.15, 0.2) is 53.1 Å². The van der Waals surface area contributed by atoms with Crippen LogP contribution in [0.4, 0.5) is 0 Å². The fraction of sp³-hybridized carbons (Fsp3) is 0. The molecule has 1 amide bonds. The second-order valence-corrected chi connectivity index (χ2v) is 3.30. The van der Waals surface area contributed by atoms with Gasteiger partial charge in [-0.3, -0.25) is 4.79 Å². The Morgan fingerprint density at radius 3 is 2.44 bits per heavy atom. The fourth-order valence-electron chi connectivity index (χ4n) is 1.43. The van der Waals surface area contributed by atoms with Crippen LogP contribution in [-0.4, -0.2) is 5.91 Å². The zero-order valence-corrected chi connectivity index (χ0v) is 8.59. The van der Waals surface area contributed by atoms with Crippen molar-refractivity contribution < 1.29 is 9.21 Å². The Labute approximate surface area is 93.2 Å². The Morgan fingerprint density at radius 2 is 1.88 bits per heavy atom. The number of primary amides is 1. The number of rotatable bonds is 3. The molecule has 2 rings (SSSR count). The van der Waals surface area contributed by atoms with E-state index in [2.05, 4.69) is 0 Å². The maximum atomic E-state index is 11.3. The van der Waals surface area contributed by atoms with E-state index >= 15 is 0 Å². The Balaban J connectivity index is 2.43. The molecule has 0 aliphatic rings. The lowest BCUT2D eigenvalue weighted by atomic mass is 10.0. The summed E-state index contributed by atoms with van der Waals surface area (Å²) in [6.07, 6.45) is 3.19. The first-order valence-electron chi connectivity index (χ1n) is 4.88. The largest absolute Gasteiger partial charge is 0.465 e. The molecule has 0 spiro atoms. The van der Waals surface area contributed by atoms with E-state index in [0.29, 0.717) is 11.3 Å². The van der Waals surface area contributed by atoms with Crippen LogP contribution in [0, 0.1) is 0 Å². The van der Waals surface area contributed by atoms with Crippen LogP contribution in [-0.2, 0) is 4.79 Å². The molecule has 0 unspecified atom stereocenters. The van der Waals surface area contributed by atoms with Crippen LogP contribution in [0.3, 0.4) is 0 Å². The standard InChI is InChI=1S/C13H11NO2/c14-13(15)12(9-11-7-4-8-16-11)10-5-2-1-3-6-10/h1-9H,(H2,14,15)/b12-9-. The topological polar surface area (TPSA) is 56.2 Å². The van der Waals surface area contributed by atoms with Gasteiger partial charge in [0.05, 0.1) is 11.8 Å². The van der Waals surface area contributed by atoms with Gasteiger partial charge in [-0.2, -0.15) is 0 Å². The third-order valence-corrected chi connectivity index (χ3v) is 2.18. The molecule has 0 bridgehead atoms. The van der Waals surface area contributed by atoms with E-state index in [1.54, 1.807) is 24.5 Å². The molecule has 80 valence electrons. The van der Waals surface area contributed by atoms with Crippen molar-refractivity contribution in [1.82, 2.24) is 0 Å². The van der Waals surface area contributed by atoms with Gasteiger partial charge in [0, 0.05) is 0 Å². The van der Waals surface area contributed by atoms with E-state index in [0.717, 1.165) is 5.56 Å². The summed E-state index contributed by atoms with van der Waals surface area (Å²) < 4.78 is 5.15. The monoisotopic (exact) mass is 213 g/mol. The summed E-state index contributed by atoms with van der Waals surface area (Å²) in [5.74, 6) is 0.139.